The molecule has 0 unspecified atom stereocenters. The highest BCUT2D eigenvalue weighted by atomic mass is 32.1. The first-order valence-corrected chi connectivity index (χ1v) is 11.0. The van der Waals surface area contributed by atoms with Gasteiger partial charge in [-0.15, -0.1) is 11.3 Å². The minimum Gasteiger partial charge on any atom is -0.486 e. The Labute approximate surface area is 189 Å². The van der Waals surface area contributed by atoms with Gasteiger partial charge >= 0.3 is 0 Å². The number of imidazole rings is 1. The van der Waals surface area contributed by atoms with E-state index in [1.54, 1.807) is 12.3 Å². The number of aryl methyl sites for hydroxylation is 1. The molecule has 0 N–H and O–H groups in total. The lowest BCUT2D eigenvalue weighted by Gasteiger charge is -2.06. The van der Waals surface area contributed by atoms with Crippen LogP contribution in [0.25, 0.3) is 28.1 Å². The van der Waals surface area contributed by atoms with Crippen LogP contribution in [0.5, 0.6) is 5.75 Å². The molecule has 32 heavy (non-hydrogen) atoms. The highest BCUT2D eigenvalue weighted by molar-refractivity contribution is 7.18. The van der Waals surface area contributed by atoms with Crippen molar-refractivity contribution in [2.24, 2.45) is 0 Å². The lowest BCUT2D eigenvalue weighted by atomic mass is 10.1. The molecule has 6 heteroatoms. The number of ether oxygens (including phenoxy) is 1. The van der Waals surface area contributed by atoms with E-state index in [-0.39, 0.29) is 5.82 Å². The van der Waals surface area contributed by atoms with Crippen LogP contribution in [0.4, 0.5) is 4.39 Å². The van der Waals surface area contributed by atoms with Gasteiger partial charge < -0.3 is 9.30 Å². The third-order valence-electron chi connectivity index (χ3n) is 5.08. The molecule has 0 radical (unpaired) electrons. The zero-order valence-corrected chi connectivity index (χ0v) is 18.2. The molecule has 0 saturated heterocycles. The van der Waals surface area contributed by atoms with Gasteiger partial charge in [-0.05, 0) is 54.4 Å². The van der Waals surface area contributed by atoms with Crippen LogP contribution < -0.4 is 4.74 Å². The number of rotatable bonds is 6. The number of hydrogen-bond acceptors (Lipinski definition) is 4. The lowest BCUT2D eigenvalue weighted by molar-refractivity contribution is 0.306. The van der Waals surface area contributed by atoms with Gasteiger partial charge in [-0.3, -0.25) is 0 Å². The van der Waals surface area contributed by atoms with Gasteiger partial charge in [0.1, 0.15) is 29.0 Å². The Hall–Kier alpha value is -3.77. The first kappa shape index (κ1) is 20.2. The predicted octanol–water partition coefficient (Wildman–Crippen LogP) is 6.68. The highest BCUT2D eigenvalue weighted by Crippen LogP contribution is 2.24. The largest absolute Gasteiger partial charge is 0.486 e. The molecule has 0 amide bonds. The van der Waals surface area contributed by atoms with Crippen molar-refractivity contribution in [1.29, 1.82) is 0 Å². The first-order valence-electron chi connectivity index (χ1n) is 10.2. The molecule has 0 aliphatic carbocycles. The Morgan fingerprint density at radius 3 is 2.66 bits per heavy atom. The Morgan fingerprint density at radius 1 is 1.00 bits per heavy atom. The van der Waals surface area contributed by atoms with E-state index < -0.39 is 0 Å². The van der Waals surface area contributed by atoms with Gasteiger partial charge in [-0.2, -0.15) is 0 Å². The number of benzene rings is 3. The Bertz CT molecular complexity index is 1400. The molecule has 4 nitrogen and oxygen atoms in total. The third kappa shape index (κ3) is 4.45. The monoisotopic (exact) mass is 441 g/mol. The zero-order valence-electron chi connectivity index (χ0n) is 17.4. The summed E-state index contributed by atoms with van der Waals surface area (Å²) in [5, 5.41) is 0.819. The normalized spacial score (nSPS) is 11.4. The zero-order chi connectivity index (χ0) is 21.9. The summed E-state index contributed by atoms with van der Waals surface area (Å²) in [4.78, 5) is 8.72. The van der Waals surface area contributed by atoms with Crippen LogP contribution in [0.3, 0.4) is 0 Å². The van der Waals surface area contributed by atoms with E-state index >= 15 is 0 Å². The van der Waals surface area contributed by atoms with Crippen molar-refractivity contribution in [2.45, 2.75) is 13.5 Å². The molecule has 0 spiro atoms. The molecule has 0 bridgehead atoms. The Kier molecular flexibility index (Phi) is 5.52. The maximum Gasteiger partial charge on any atom is 0.140 e. The van der Waals surface area contributed by atoms with Crippen molar-refractivity contribution in [3.63, 3.8) is 0 Å². The maximum absolute atomic E-state index is 13.4. The fraction of sp³-hybridized carbons (Fsp3) is 0.0769. The van der Waals surface area contributed by atoms with Crippen LogP contribution >= 0.6 is 11.3 Å². The van der Waals surface area contributed by atoms with Crippen LogP contribution in [-0.2, 0) is 6.61 Å². The van der Waals surface area contributed by atoms with Gasteiger partial charge in [0, 0.05) is 24.1 Å². The van der Waals surface area contributed by atoms with Gasteiger partial charge in [0.25, 0.3) is 0 Å². The van der Waals surface area contributed by atoms with Crippen LogP contribution in [0, 0.1) is 12.7 Å². The summed E-state index contributed by atoms with van der Waals surface area (Å²) in [5.41, 5.74) is 3.91. The van der Waals surface area contributed by atoms with Gasteiger partial charge in [0.15, 0.2) is 0 Å². The highest BCUT2D eigenvalue weighted by Gasteiger charge is 2.06. The summed E-state index contributed by atoms with van der Waals surface area (Å²) in [6, 6.07) is 20.9. The maximum atomic E-state index is 13.4. The summed E-state index contributed by atoms with van der Waals surface area (Å²) < 4.78 is 22.3. The van der Waals surface area contributed by atoms with E-state index in [4.69, 9.17) is 4.74 Å². The molecule has 0 saturated carbocycles. The van der Waals surface area contributed by atoms with Crippen LogP contribution in [0.15, 0.2) is 79.1 Å². The summed E-state index contributed by atoms with van der Waals surface area (Å²) >= 11 is 1.52. The van der Waals surface area contributed by atoms with Crippen LogP contribution in [0.2, 0.25) is 0 Å². The van der Waals surface area contributed by atoms with E-state index in [1.807, 2.05) is 37.4 Å². The smallest absolute Gasteiger partial charge is 0.140 e. The quantitative estimate of drug-likeness (QED) is 0.276. The molecule has 2 aromatic heterocycles. The number of thiazole rings is 1. The Morgan fingerprint density at radius 2 is 1.84 bits per heavy atom. The van der Waals surface area contributed by atoms with Crippen molar-refractivity contribution in [3.8, 4) is 11.4 Å². The number of fused-ring (bicyclic) bond motifs is 1. The van der Waals surface area contributed by atoms with Gasteiger partial charge in [-0.25, -0.2) is 14.4 Å². The molecule has 158 valence electrons. The van der Waals surface area contributed by atoms with E-state index in [1.165, 1.54) is 23.5 Å². The van der Waals surface area contributed by atoms with Crippen molar-refractivity contribution >= 4 is 33.7 Å². The topological polar surface area (TPSA) is 39.9 Å². The standard InChI is InChI=1S/C26H20FN3OS/c1-18-28-13-14-30(18)22-10-7-19(8-11-22)5-6-20-3-2-4-23(15-20)31-17-26-29-24-16-21(27)9-12-25(24)32-26/h2-16H,17H2,1H3. The lowest BCUT2D eigenvalue weighted by Crippen LogP contribution is -1.95. The molecular formula is C26H20FN3OS. The first-order chi connectivity index (χ1) is 15.6. The van der Waals surface area contributed by atoms with E-state index in [9.17, 15) is 4.39 Å². The summed E-state index contributed by atoms with van der Waals surface area (Å²) in [6.45, 7) is 2.34. The minimum atomic E-state index is -0.277. The number of aromatic nitrogens is 3. The molecule has 0 atom stereocenters. The van der Waals surface area contributed by atoms with Crippen molar-refractivity contribution < 1.29 is 9.13 Å². The van der Waals surface area contributed by atoms with Crippen LogP contribution in [0.1, 0.15) is 22.0 Å². The van der Waals surface area contributed by atoms with E-state index in [0.717, 1.165) is 38.1 Å². The van der Waals surface area contributed by atoms with Crippen LogP contribution in [-0.4, -0.2) is 14.5 Å². The van der Waals surface area contributed by atoms with Crippen molar-refractivity contribution in [3.05, 3.63) is 107 Å². The molecule has 2 heterocycles. The fourth-order valence-electron chi connectivity index (χ4n) is 3.45. The van der Waals surface area contributed by atoms with E-state index in [2.05, 4.69) is 51.0 Å². The second kappa shape index (κ2) is 8.77. The SMILES string of the molecule is Cc1nccn1-c1ccc(C=Cc2cccc(OCc3nc4cc(F)ccc4s3)c2)cc1. The number of hydrogen-bond donors (Lipinski definition) is 0. The average molecular weight is 442 g/mol. The Balaban J connectivity index is 1.25. The molecular weight excluding hydrogens is 421 g/mol. The second-order valence-corrected chi connectivity index (χ2v) is 8.47. The summed E-state index contributed by atoms with van der Waals surface area (Å²) in [7, 11) is 0. The molecule has 5 aromatic rings. The second-order valence-electron chi connectivity index (χ2n) is 7.35. The molecule has 0 fully saturated rings. The van der Waals surface area contributed by atoms with Gasteiger partial charge in [0.05, 0.1) is 10.2 Å². The van der Waals surface area contributed by atoms with Gasteiger partial charge in [-0.1, -0.05) is 36.4 Å². The number of halogens is 1. The predicted molar refractivity (Wildman–Crippen MR) is 128 cm³/mol. The van der Waals surface area contributed by atoms with E-state index in [0.29, 0.717) is 12.1 Å². The molecule has 3 aromatic carbocycles. The fourth-order valence-corrected chi connectivity index (χ4v) is 4.31. The number of nitrogens with zero attached hydrogens (tertiary/aromatic N) is 3. The van der Waals surface area contributed by atoms with Crippen molar-refractivity contribution in [2.75, 3.05) is 0 Å². The summed E-state index contributed by atoms with van der Waals surface area (Å²) in [6.07, 6.45) is 7.89. The minimum absolute atomic E-state index is 0.277. The average Bonchev–Trinajstić information content (AvgIpc) is 3.42. The summed E-state index contributed by atoms with van der Waals surface area (Å²) in [5.74, 6) is 1.45. The molecule has 5 rings (SSSR count). The molecule has 0 aliphatic heterocycles. The molecule has 0 aliphatic rings. The van der Waals surface area contributed by atoms with Crippen molar-refractivity contribution in [1.82, 2.24) is 14.5 Å². The third-order valence-corrected chi connectivity index (χ3v) is 6.09. The van der Waals surface area contributed by atoms with Gasteiger partial charge in [0.2, 0.25) is 0 Å².